The molecule has 0 aromatic carbocycles. The van der Waals surface area contributed by atoms with E-state index in [1.807, 2.05) is 0 Å². The van der Waals surface area contributed by atoms with Crippen molar-refractivity contribution in [3.63, 3.8) is 0 Å². The van der Waals surface area contributed by atoms with Gasteiger partial charge >= 0.3 is 0 Å². The fourth-order valence-electron chi connectivity index (χ4n) is 0.638. The highest BCUT2D eigenvalue weighted by molar-refractivity contribution is 7.03. The molecule has 0 aliphatic carbocycles. The molecule has 0 saturated carbocycles. The lowest BCUT2D eigenvalue weighted by molar-refractivity contribution is 0.459. The van der Waals surface area contributed by atoms with E-state index in [0.29, 0.717) is 0 Å². The Kier molecular flexibility index (Phi) is 5.35. The van der Waals surface area contributed by atoms with Gasteiger partial charge in [-0.1, -0.05) is 13.8 Å². The van der Waals surface area contributed by atoms with E-state index in [1.54, 1.807) is 0 Å². The van der Waals surface area contributed by atoms with Crippen molar-refractivity contribution in [2.45, 2.75) is 13.8 Å². The Hall–Kier alpha value is 0.427. The molecular formula is C6H17ClN2Si. The van der Waals surface area contributed by atoms with Gasteiger partial charge in [0.25, 0.3) is 8.43 Å². The van der Waals surface area contributed by atoms with Crippen molar-refractivity contribution in [2.75, 3.05) is 27.2 Å². The van der Waals surface area contributed by atoms with Crippen LogP contribution >= 0.6 is 11.1 Å². The van der Waals surface area contributed by atoms with Crippen LogP contribution in [0.4, 0.5) is 0 Å². The maximum Gasteiger partial charge on any atom is 0.291 e. The highest BCUT2D eigenvalue weighted by atomic mass is 35.6. The maximum absolute atomic E-state index is 6.17. The van der Waals surface area contributed by atoms with Gasteiger partial charge in [0, 0.05) is 0 Å². The molecule has 0 fully saturated rings. The normalized spacial score (nSPS) is 12.0. The summed E-state index contributed by atoms with van der Waals surface area (Å²) in [4.78, 5) is 0. The molecule has 4 heteroatoms. The zero-order valence-corrected chi connectivity index (χ0v) is 9.17. The summed E-state index contributed by atoms with van der Waals surface area (Å²) >= 11 is 6.17. The third-order valence-electron chi connectivity index (χ3n) is 1.73. The molecule has 0 amide bonds. The van der Waals surface area contributed by atoms with Crippen LogP contribution in [-0.2, 0) is 0 Å². The van der Waals surface area contributed by atoms with Gasteiger partial charge in [-0.3, -0.25) is 0 Å². The lowest BCUT2D eigenvalue weighted by Crippen LogP contribution is -2.45. The number of halogens is 1. The second-order valence-electron chi connectivity index (χ2n) is 2.46. The third kappa shape index (κ3) is 3.01. The average molecular weight is 181 g/mol. The summed E-state index contributed by atoms with van der Waals surface area (Å²) in [6, 6.07) is 0. The minimum Gasteiger partial charge on any atom is -0.305 e. The molecule has 0 atom stereocenters. The van der Waals surface area contributed by atoms with E-state index >= 15 is 0 Å². The van der Waals surface area contributed by atoms with Gasteiger partial charge in [-0.15, -0.1) is 11.1 Å². The summed E-state index contributed by atoms with van der Waals surface area (Å²) in [5, 5.41) is 0. The van der Waals surface area contributed by atoms with Crippen LogP contribution in [0.25, 0.3) is 0 Å². The van der Waals surface area contributed by atoms with E-state index in [9.17, 15) is 0 Å². The van der Waals surface area contributed by atoms with Crippen LogP contribution in [0, 0.1) is 0 Å². The smallest absolute Gasteiger partial charge is 0.291 e. The van der Waals surface area contributed by atoms with Crippen molar-refractivity contribution < 1.29 is 0 Å². The van der Waals surface area contributed by atoms with E-state index in [0.717, 1.165) is 13.1 Å². The van der Waals surface area contributed by atoms with Crippen molar-refractivity contribution in [2.24, 2.45) is 0 Å². The zero-order valence-electron chi connectivity index (χ0n) is 7.26. The molecule has 62 valence electrons. The Labute approximate surface area is 70.2 Å². The monoisotopic (exact) mass is 180 g/mol. The lowest BCUT2D eigenvalue weighted by atomic mass is 10.8. The van der Waals surface area contributed by atoms with Crippen LogP contribution in [0.15, 0.2) is 0 Å². The topological polar surface area (TPSA) is 6.48 Å². The molecular weight excluding hydrogens is 164 g/mol. The molecule has 0 unspecified atom stereocenters. The molecule has 0 spiro atoms. The number of hydrogen-bond donors (Lipinski definition) is 0. The summed E-state index contributed by atoms with van der Waals surface area (Å²) in [7, 11) is 2.91. The fraction of sp³-hybridized carbons (Fsp3) is 1.00. The molecule has 10 heavy (non-hydrogen) atoms. The Morgan fingerprint density at radius 3 is 1.60 bits per heavy atom. The Bertz CT molecular complexity index is 81.8. The molecule has 0 aromatic rings. The van der Waals surface area contributed by atoms with Gasteiger partial charge in [0.15, 0.2) is 0 Å². The Morgan fingerprint density at radius 2 is 1.40 bits per heavy atom. The molecule has 0 saturated heterocycles. The number of rotatable bonds is 4. The van der Waals surface area contributed by atoms with Crippen LogP contribution in [0.3, 0.4) is 0 Å². The van der Waals surface area contributed by atoms with E-state index in [4.69, 9.17) is 11.1 Å². The molecule has 2 nitrogen and oxygen atoms in total. The van der Waals surface area contributed by atoms with Crippen molar-refractivity contribution >= 4 is 19.5 Å². The molecule has 0 bridgehead atoms. The van der Waals surface area contributed by atoms with Crippen molar-refractivity contribution in [1.82, 2.24) is 9.13 Å². The van der Waals surface area contributed by atoms with Gasteiger partial charge in [0.1, 0.15) is 0 Å². The van der Waals surface area contributed by atoms with Crippen molar-refractivity contribution in [3.05, 3.63) is 0 Å². The maximum atomic E-state index is 6.17. The van der Waals surface area contributed by atoms with Crippen LogP contribution in [0.5, 0.6) is 0 Å². The quantitative estimate of drug-likeness (QED) is 0.468. The SMILES string of the molecule is CCN(C)[SiH](Cl)N(C)CC. The van der Waals surface area contributed by atoms with Gasteiger partial charge < -0.3 is 9.13 Å². The lowest BCUT2D eigenvalue weighted by Gasteiger charge is -2.26. The van der Waals surface area contributed by atoms with Gasteiger partial charge in [0.2, 0.25) is 0 Å². The van der Waals surface area contributed by atoms with Gasteiger partial charge in [-0.05, 0) is 27.2 Å². The average Bonchev–Trinajstić information content (AvgIpc) is 2.00. The fourth-order valence-corrected chi connectivity index (χ4v) is 2.74. The van der Waals surface area contributed by atoms with E-state index in [1.165, 1.54) is 0 Å². The van der Waals surface area contributed by atoms with Crippen molar-refractivity contribution in [3.8, 4) is 0 Å². The molecule has 0 rings (SSSR count). The van der Waals surface area contributed by atoms with Crippen LogP contribution < -0.4 is 0 Å². The molecule has 0 aliphatic rings. The zero-order chi connectivity index (χ0) is 8.15. The Balaban J connectivity index is 3.69. The molecule has 0 N–H and O–H groups in total. The number of nitrogens with zero attached hydrogens (tertiary/aromatic N) is 2. The number of hydrogen-bond acceptors (Lipinski definition) is 2. The molecule has 0 aromatic heterocycles. The van der Waals surface area contributed by atoms with Gasteiger partial charge in [-0.2, -0.15) is 0 Å². The van der Waals surface area contributed by atoms with E-state index in [-0.39, 0.29) is 0 Å². The molecule has 0 heterocycles. The molecule has 0 aliphatic heterocycles. The van der Waals surface area contributed by atoms with Crippen LogP contribution in [0.1, 0.15) is 13.8 Å². The molecule has 0 radical (unpaired) electrons. The first-order chi connectivity index (χ1) is 4.63. The first-order valence-electron chi connectivity index (χ1n) is 3.68. The Morgan fingerprint density at radius 1 is 1.10 bits per heavy atom. The highest BCUT2D eigenvalue weighted by Gasteiger charge is 2.15. The minimum absolute atomic E-state index is 1.05. The van der Waals surface area contributed by atoms with Gasteiger partial charge in [-0.25, -0.2) is 0 Å². The summed E-state index contributed by atoms with van der Waals surface area (Å²) in [5.74, 6) is 0. The first kappa shape index (κ1) is 10.4. The van der Waals surface area contributed by atoms with E-state index < -0.39 is 8.43 Å². The predicted molar refractivity (Wildman–Crippen MR) is 49.6 cm³/mol. The highest BCUT2D eigenvalue weighted by Crippen LogP contribution is 2.00. The second kappa shape index (κ2) is 5.13. The summed E-state index contributed by atoms with van der Waals surface area (Å²) in [6.45, 7) is 6.35. The van der Waals surface area contributed by atoms with Crippen molar-refractivity contribution in [1.29, 1.82) is 0 Å². The van der Waals surface area contributed by atoms with Crippen LogP contribution in [0.2, 0.25) is 0 Å². The summed E-state index contributed by atoms with van der Waals surface area (Å²) in [6.07, 6.45) is 0. The standard InChI is InChI=1S/C6H17ClN2Si/c1-5-8(3)10(7)9(4)6-2/h10H,5-6H2,1-4H3. The first-order valence-corrected chi connectivity index (χ1v) is 6.45. The minimum atomic E-state index is -1.25. The summed E-state index contributed by atoms with van der Waals surface area (Å²) < 4.78 is 4.45. The predicted octanol–water partition coefficient (Wildman–Crippen LogP) is 0.846. The second-order valence-corrected chi connectivity index (χ2v) is 6.01. The third-order valence-corrected chi connectivity index (χ3v) is 5.91. The van der Waals surface area contributed by atoms with Crippen LogP contribution in [-0.4, -0.2) is 44.7 Å². The van der Waals surface area contributed by atoms with E-state index in [2.05, 4.69) is 37.1 Å². The largest absolute Gasteiger partial charge is 0.305 e. The summed E-state index contributed by atoms with van der Waals surface area (Å²) in [5.41, 5.74) is 0. The van der Waals surface area contributed by atoms with Gasteiger partial charge in [0.05, 0.1) is 0 Å².